The minimum Gasteiger partial charge on any atom is -0.292 e. The van der Waals surface area contributed by atoms with Gasteiger partial charge in [0, 0.05) is 9.92 Å². The van der Waals surface area contributed by atoms with Crippen LogP contribution in [0.1, 0.15) is 12.7 Å². The second-order valence-corrected chi connectivity index (χ2v) is 6.06. The maximum Gasteiger partial charge on any atom is 0.451 e. The van der Waals surface area contributed by atoms with Gasteiger partial charge in [-0.2, -0.15) is 18.2 Å². The molecule has 118 valence electrons. The van der Waals surface area contributed by atoms with Crippen LogP contribution in [0.5, 0.6) is 0 Å². The van der Waals surface area contributed by atoms with Crippen molar-refractivity contribution in [2.24, 2.45) is 0 Å². The van der Waals surface area contributed by atoms with Gasteiger partial charge in [-0.15, -0.1) is 16.9 Å². The Hall–Kier alpha value is -1.74. The molecule has 1 aromatic heterocycles. The molecule has 1 heterocycles. The van der Waals surface area contributed by atoms with Gasteiger partial charge in [0.05, 0.1) is 5.25 Å². The topological polar surface area (TPSA) is 70.7 Å². The van der Waals surface area contributed by atoms with E-state index in [0.717, 1.165) is 4.90 Å². The van der Waals surface area contributed by atoms with E-state index in [4.69, 9.17) is 11.6 Å². The summed E-state index contributed by atoms with van der Waals surface area (Å²) in [4.78, 5) is 15.9. The van der Waals surface area contributed by atoms with Crippen LogP contribution in [0.4, 0.5) is 19.1 Å². The first-order valence-corrected chi connectivity index (χ1v) is 7.24. The Morgan fingerprint density at radius 1 is 1.36 bits per heavy atom. The van der Waals surface area contributed by atoms with Gasteiger partial charge in [0.1, 0.15) is 0 Å². The molecule has 0 aliphatic carbocycles. The molecule has 2 aromatic rings. The van der Waals surface area contributed by atoms with Crippen molar-refractivity contribution < 1.29 is 18.0 Å². The Morgan fingerprint density at radius 2 is 2.00 bits per heavy atom. The number of anilines is 1. The Kier molecular flexibility index (Phi) is 4.97. The SMILES string of the molecule is C[C@H](Sc1ccc(Cl)cc1)C(=O)Nc1n[nH]c(C(F)(F)F)n1. The number of carbonyl (C=O) groups excluding carboxylic acids is 1. The fourth-order valence-electron chi connectivity index (χ4n) is 1.43. The monoisotopic (exact) mass is 350 g/mol. The van der Waals surface area contributed by atoms with E-state index in [2.05, 4.69) is 15.4 Å². The number of alkyl halides is 3. The van der Waals surface area contributed by atoms with Gasteiger partial charge in [-0.3, -0.25) is 15.2 Å². The maximum atomic E-state index is 12.4. The summed E-state index contributed by atoms with van der Waals surface area (Å²) in [6, 6.07) is 6.84. The standard InChI is InChI=1S/C12H10ClF3N4OS/c1-6(22-8-4-2-7(13)3-5-8)9(21)17-11-18-10(19-20-11)12(14,15)16/h2-6H,1H3,(H2,17,18,19,20,21)/t6-/m0/s1. The zero-order valence-electron chi connectivity index (χ0n) is 11.1. The maximum absolute atomic E-state index is 12.4. The molecule has 1 aromatic carbocycles. The summed E-state index contributed by atoms with van der Waals surface area (Å²) in [6.45, 7) is 1.62. The highest BCUT2D eigenvalue weighted by Gasteiger charge is 2.35. The second-order valence-electron chi connectivity index (χ2n) is 4.21. The molecule has 0 unspecified atom stereocenters. The fourth-order valence-corrected chi connectivity index (χ4v) is 2.42. The summed E-state index contributed by atoms with van der Waals surface area (Å²) >= 11 is 6.99. The predicted octanol–water partition coefficient (Wildman–Crippen LogP) is 3.60. The summed E-state index contributed by atoms with van der Waals surface area (Å²) < 4.78 is 37.1. The molecule has 10 heteroatoms. The van der Waals surface area contributed by atoms with E-state index in [-0.39, 0.29) is 0 Å². The van der Waals surface area contributed by atoms with Crippen LogP contribution in [0.3, 0.4) is 0 Å². The molecule has 0 bridgehead atoms. The highest BCUT2D eigenvalue weighted by molar-refractivity contribution is 8.00. The van der Waals surface area contributed by atoms with Gasteiger partial charge in [0.2, 0.25) is 17.7 Å². The lowest BCUT2D eigenvalue weighted by Gasteiger charge is -2.10. The molecular formula is C12H10ClF3N4OS. The first-order valence-electron chi connectivity index (χ1n) is 5.98. The number of nitrogens with zero attached hydrogens (tertiary/aromatic N) is 2. The van der Waals surface area contributed by atoms with E-state index in [1.807, 2.05) is 0 Å². The van der Waals surface area contributed by atoms with E-state index in [0.29, 0.717) is 5.02 Å². The zero-order valence-corrected chi connectivity index (χ0v) is 12.7. The summed E-state index contributed by atoms with van der Waals surface area (Å²) in [6.07, 6.45) is -4.64. The summed E-state index contributed by atoms with van der Waals surface area (Å²) in [5, 5.41) is 7.28. The van der Waals surface area contributed by atoms with Crippen molar-refractivity contribution in [3.63, 3.8) is 0 Å². The molecule has 1 atom stereocenters. The number of H-pyrrole nitrogens is 1. The molecule has 22 heavy (non-hydrogen) atoms. The Balaban J connectivity index is 1.96. The van der Waals surface area contributed by atoms with E-state index in [9.17, 15) is 18.0 Å². The average molecular weight is 351 g/mol. The molecule has 0 saturated carbocycles. The van der Waals surface area contributed by atoms with Crippen molar-refractivity contribution in [3.8, 4) is 0 Å². The van der Waals surface area contributed by atoms with E-state index in [1.54, 1.807) is 36.3 Å². The zero-order chi connectivity index (χ0) is 16.3. The van der Waals surface area contributed by atoms with Crippen molar-refractivity contribution in [2.45, 2.75) is 23.2 Å². The summed E-state index contributed by atoms with van der Waals surface area (Å²) in [5.41, 5.74) is 0. The third kappa shape index (κ3) is 4.38. The number of thioether (sulfide) groups is 1. The normalized spacial score (nSPS) is 13.0. The van der Waals surface area contributed by atoms with Gasteiger partial charge in [0.15, 0.2) is 0 Å². The van der Waals surface area contributed by atoms with Gasteiger partial charge in [-0.05, 0) is 31.2 Å². The number of halogens is 4. The van der Waals surface area contributed by atoms with Crippen LogP contribution in [-0.4, -0.2) is 26.3 Å². The van der Waals surface area contributed by atoms with Crippen molar-refractivity contribution in [1.82, 2.24) is 15.2 Å². The summed E-state index contributed by atoms with van der Waals surface area (Å²) in [7, 11) is 0. The smallest absolute Gasteiger partial charge is 0.292 e. The largest absolute Gasteiger partial charge is 0.451 e. The van der Waals surface area contributed by atoms with Crippen LogP contribution >= 0.6 is 23.4 Å². The molecular weight excluding hydrogens is 341 g/mol. The predicted molar refractivity (Wildman–Crippen MR) is 76.8 cm³/mol. The molecule has 1 amide bonds. The van der Waals surface area contributed by atoms with E-state index >= 15 is 0 Å². The molecule has 2 N–H and O–H groups in total. The molecule has 0 fully saturated rings. The number of hydrogen-bond donors (Lipinski definition) is 2. The van der Waals surface area contributed by atoms with Gasteiger partial charge in [-0.25, -0.2) is 0 Å². The van der Waals surface area contributed by atoms with Crippen molar-refractivity contribution in [3.05, 3.63) is 35.1 Å². The number of aromatic nitrogens is 3. The Labute approximate surface area is 132 Å². The molecule has 0 aliphatic heterocycles. The van der Waals surface area contributed by atoms with Crippen molar-refractivity contribution in [1.29, 1.82) is 0 Å². The Bertz CT molecular complexity index is 659. The van der Waals surface area contributed by atoms with Crippen LogP contribution in [0.15, 0.2) is 29.2 Å². The number of aromatic amines is 1. The van der Waals surface area contributed by atoms with Crippen molar-refractivity contribution in [2.75, 3.05) is 5.32 Å². The minimum absolute atomic E-state index is 0.416. The number of hydrogen-bond acceptors (Lipinski definition) is 4. The molecule has 2 rings (SSSR count). The quantitative estimate of drug-likeness (QED) is 0.827. The molecule has 0 saturated heterocycles. The van der Waals surface area contributed by atoms with Gasteiger partial charge < -0.3 is 0 Å². The molecule has 5 nitrogen and oxygen atoms in total. The van der Waals surface area contributed by atoms with Gasteiger partial charge in [-0.1, -0.05) is 11.6 Å². The van der Waals surface area contributed by atoms with E-state index < -0.39 is 29.1 Å². The van der Waals surface area contributed by atoms with Gasteiger partial charge >= 0.3 is 6.18 Å². The number of rotatable bonds is 4. The number of carbonyl (C=O) groups is 1. The number of benzene rings is 1. The van der Waals surface area contributed by atoms with Gasteiger partial charge in [0.25, 0.3) is 0 Å². The molecule has 0 aliphatic rings. The lowest BCUT2D eigenvalue weighted by Crippen LogP contribution is -2.23. The first kappa shape index (κ1) is 16.6. The molecule has 0 radical (unpaired) electrons. The van der Waals surface area contributed by atoms with Crippen LogP contribution in [0, 0.1) is 0 Å². The fraction of sp³-hybridized carbons (Fsp3) is 0.250. The van der Waals surface area contributed by atoms with Crippen LogP contribution in [-0.2, 0) is 11.0 Å². The highest BCUT2D eigenvalue weighted by Crippen LogP contribution is 2.27. The highest BCUT2D eigenvalue weighted by atomic mass is 35.5. The lowest BCUT2D eigenvalue weighted by molar-refractivity contribution is -0.144. The molecule has 0 spiro atoms. The van der Waals surface area contributed by atoms with Crippen LogP contribution < -0.4 is 5.32 Å². The Morgan fingerprint density at radius 3 is 2.55 bits per heavy atom. The first-order chi connectivity index (χ1) is 10.3. The number of amides is 1. The summed E-state index contributed by atoms with van der Waals surface area (Å²) in [5.74, 6) is -2.19. The minimum atomic E-state index is -4.64. The van der Waals surface area contributed by atoms with Crippen LogP contribution in [0.25, 0.3) is 0 Å². The van der Waals surface area contributed by atoms with E-state index in [1.165, 1.54) is 11.8 Å². The lowest BCUT2D eigenvalue weighted by atomic mass is 10.4. The average Bonchev–Trinajstić information content (AvgIpc) is 2.90. The van der Waals surface area contributed by atoms with Crippen molar-refractivity contribution >= 4 is 35.2 Å². The number of nitrogens with one attached hydrogen (secondary N) is 2. The third-order valence-corrected chi connectivity index (χ3v) is 3.85. The van der Waals surface area contributed by atoms with Crippen LogP contribution in [0.2, 0.25) is 5.02 Å². The third-order valence-electron chi connectivity index (χ3n) is 2.48. The second kappa shape index (κ2) is 6.57.